The number of carbonyl (C=O) groups is 1. The molecule has 5 nitrogen and oxygen atoms in total. The van der Waals surface area contributed by atoms with E-state index in [0.717, 1.165) is 6.07 Å². The van der Waals surface area contributed by atoms with E-state index in [1.165, 1.54) is 19.2 Å². The minimum absolute atomic E-state index is 0.102. The maximum Gasteiger partial charge on any atom is 0.417 e. The molecule has 9 heteroatoms. The summed E-state index contributed by atoms with van der Waals surface area (Å²) in [6.45, 7) is 1.87. The van der Waals surface area contributed by atoms with E-state index in [1.54, 1.807) is 13.0 Å². The van der Waals surface area contributed by atoms with E-state index in [0.29, 0.717) is 18.4 Å². The lowest BCUT2D eigenvalue weighted by molar-refractivity contribution is -0.137. The molecule has 0 saturated carbocycles. The fourth-order valence-electron chi connectivity index (χ4n) is 3.35. The third-order valence-electron chi connectivity index (χ3n) is 4.66. The molecule has 1 aliphatic carbocycles. The maximum atomic E-state index is 13.2. The summed E-state index contributed by atoms with van der Waals surface area (Å²) in [5, 5.41) is 3.14. The van der Waals surface area contributed by atoms with Gasteiger partial charge in [0.25, 0.3) is 0 Å². The van der Waals surface area contributed by atoms with E-state index >= 15 is 0 Å². The molecule has 0 saturated heterocycles. The van der Waals surface area contributed by atoms with Crippen LogP contribution in [0, 0.1) is 5.92 Å². The third-order valence-corrected chi connectivity index (χ3v) is 4.99. The number of hydrogen-bond donors (Lipinski definition) is 0. The molecule has 26 heavy (non-hydrogen) atoms. The van der Waals surface area contributed by atoms with Crippen molar-refractivity contribution in [2.75, 3.05) is 13.7 Å². The first kappa shape index (κ1) is 20.1. The van der Waals surface area contributed by atoms with E-state index in [9.17, 15) is 18.0 Å². The number of benzene rings is 1. The number of nitrogens with zero attached hydrogens (tertiary/aromatic N) is 3. The second kappa shape index (κ2) is 7.60. The molecule has 2 rings (SSSR count). The predicted molar refractivity (Wildman–Crippen MR) is 90.6 cm³/mol. The summed E-state index contributed by atoms with van der Waals surface area (Å²) in [5.41, 5.74) is 7.11. The Kier molecular flexibility index (Phi) is 5.88. The van der Waals surface area contributed by atoms with Gasteiger partial charge in [-0.2, -0.15) is 13.2 Å². The van der Waals surface area contributed by atoms with Crippen molar-refractivity contribution in [2.45, 2.75) is 31.4 Å². The Hall–Kier alpha value is -2.18. The number of halogens is 4. The van der Waals surface area contributed by atoms with Crippen molar-refractivity contribution < 1.29 is 22.7 Å². The Morgan fingerprint density at radius 2 is 2.19 bits per heavy atom. The van der Waals surface area contributed by atoms with Crippen molar-refractivity contribution in [3.63, 3.8) is 0 Å². The van der Waals surface area contributed by atoms with Crippen LogP contribution in [-0.2, 0) is 21.1 Å². The fraction of sp³-hybridized carbons (Fsp3) is 0.471. The highest BCUT2D eigenvalue weighted by Crippen LogP contribution is 2.45. The second-order valence-electron chi connectivity index (χ2n) is 6.35. The van der Waals surface area contributed by atoms with Gasteiger partial charge in [-0.15, -0.1) is 0 Å². The van der Waals surface area contributed by atoms with Crippen LogP contribution in [0.4, 0.5) is 13.2 Å². The van der Waals surface area contributed by atoms with Gasteiger partial charge in [0.05, 0.1) is 17.7 Å². The van der Waals surface area contributed by atoms with Crippen molar-refractivity contribution in [1.82, 2.24) is 0 Å². The summed E-state index contributed by atoms with van der Waals surface area (Å²) in [5.74, 6) is -0.701. The van der Waals surface area contributed by atoms with E-state index in [1.807, 2.05) is 0 Å². The van der Waals surface area contributed by atoms with Crippen molar-refractivity contribution in [3.8, 4) is 0 Å². The molecule has 0 spiro atoms. The average molecular weight is 388 g/mol. The number of methoxy groups -OCH3 is 1. The lowest BCUT2D eigenvalue weighted by Crippen LogP contribution is -2.36. The first-order valence-electron chi connectivity index (χ1n) is 7.80. The lowest BCUT2D eigenvalue weighted by Gasteiger charge is -2.38. The first-order valence-corrected chi connectivity index (χ1v) is 8.18. The standard InChI is InChI=1S/C17H17ClF3N3O2/c1-16(11-4-6-14(18)13(7-11)17(19,20)21)8-10(9-23-24-22)3-5-12(16)15(25)26-2/h4-7,10H,3,8-9H2,1-2H3. The second-order valence-corrected chi connectivity index (χ2v) is 6.76. The molecule has 1 aromatic rings. The van der Waals surface area contributed by atoms with Crippen LogP contribution in [0.25, 0.3) is 10.4 Å². The predicted octanol–water partition coefficient (Wildman–Crippen LogP) is 5.44. The minimum atomic E-state index is -4.61. The number of rotatable bonds is 4. The highest BCUT2D eigenvalue weighted by atomic mass is 35.5. The quantitative estimate of drug-likeness (QED) is 0.298. The number of ether oxygens (including phenoxy) is 1. The van der Waals surface area contributed by atoms with Crippen LogP contribution in [0.5, 0.6) is 0 Å². The molecule has 1 aromatic carbocycles. The Morgan fingerprint density at radius 3 is 2.77 bits per heavy atom. The lowest BCUT2D eigenvalue weighted by atomic mass is 9.66. The molecule has 0 heterocycles. The monoisotopic (exact) mass is 387 g/mol. The summed E-state index contributed by atoms with van der Waals surface area (Å²) in [6.07, 6.45) is -2.16. The number of hydrogen-bond acceptors (Lipinski definition) is 3. The van der Waals surface area contributed by atoms with Crippen LogP contribution >= 0.6 is 11.6 Å². The maximum absolute atomic E-state index is 13.2. The van der Waals surface area contributed by atoms with Gasteiger partial charge in [-0.05, 0) is 42.0 Å². The van der Waals surface area contributed by atoms with Gasteiger partial charge in [0.15, 0.2) is 0 Å². The Bertz CT molecular complexity index is 788. The van der Waals surface area contributed by atoms with Gasteiger partial charge < -0.3 is 4.74 Å². The number of alkyl halides is 3. The number of azide groups is 1. The molecular formula is C17H17ClF3N3O2. The molecule has 0 aliphatic heterocycles. The SMILES string of the molecule is COC(=O)C1=CCC(CN=[N+]=[N-])CC1(C)c1ccc(Cl)c(C(F)(F)F)c1. The highest BCUT2D eigenvalue weighted by Gasteiger charge is 2.42. The molecule has 0 aromatic heterocycles. The Morgan fingerprint density at radius 1 is 1.50 bits per heavy atom. The van der Waals surface area contributed by atoms with Crippen LogP contribution in [0.3, 0.4) is 0 Å². The number of carbonyl (C=O) groups excluding carboxylic acids is 1. The Labute approximate surface area is 153 Å². The zero-order valence-corrected chi connectivity index (χ0v) is 14.9. The summed E-state index contributed by atoms with van der Waals surface area (Å²) in [4.78, 5) is 14.9. The zero-order chi connectivity index (χ0) is 19.5. The van der Waals surface area contributed by atoms with Crippen LogP contribution < -0.4 is 0 Å². The molecule has 2 atom stereocenters. The van der Waals surface area contributed by atoms with Crippen LogP contribution in [0.2, 0.25) is 5.02 Å². The van der Waals surface area contributed by atoms with Gasteiger partial charge in [0.2, 0.25) is 0 Å². The Balaban J connectivity index is 2.57. The zero-order valence-electron chi connectivity index (χ0n) is 14.2. The highest BCUT2D eigenvalue weighted by molar-refractivity contribution is 6.31. The van der Waals surface area contributed by atoms with Crippen molar-refractivity contribution >= 4 is 17.6 Å². The summed E-state index contributed by atoms with van der Waals surface area (Å²) < 4.78 is 44.5. The normalized spacial score (nSPS) is 23.0. The molecule has 0 bridgehead atoms. The van der Waals surface area contributed by atoms with Crippen molar-refractivity contribution in [2.24, 2.45) is 11.0 Å². The molecule has 2 unspecified atom stereocenters. The average Bonchev–Trinajstić information content (AvgIpc) is 2.58. The van der Waals surface area contributed by atoms with Gasteiger partial charge in [0.1, 0.15) is 0 Å². The van der Waals surface area contributed by atoms with Gasteiger partial charge in [0, 0.05) is 22.4 Å². The van der Waals surface area contributed by atoms with Gasteiger partial charge in [-0.25, -0.2) is 4.79 Å². The molecule has 1 aliphatic rings. The van der Waals surface area contributed by atoms with Crippen molar-refractivity contribution in [3.05, 3.63) is 56.4 Å². The fourth-order valence-corrected chi connectivity index (χ4v) is 3.57. The van der Waals surface area contributed by atoms with Crippen LogP contribution in [0.15, 0.2) is 35.0 Å². The molecular weight excluding hydrogens is 371 g/mol. The molecule has 0 N–H and O–H groups in total. The smallest absolute Gasteiger partial charge is 0.417 e. The summed E-state index contributed by atoms with van der Waals surface area (Å²) in [7, 11) is 1.22. The van der Waals surface area contributed by atoms with E-state index in [-0.39, 0.29) is 18.0 Å². The topological polar surface area (TPSA) is 75.1 Å². The molecule has 0 amide bonds. The number of allylic oxidation sites excluding steroid dienone is 1. The number of esters is 1. The molecule has 140 valence electrons. The van der Waals surface area contributed by atoms with Crippen molar-refractivity contribution in [1.29, 1.82) is 0 Å². The minimum Gasteiger partial charge on any atom is -0.466 e. The largest absolute Gasteiger partial charge is 0.466 e. The summed E-state index contributed by atoms with van der Waals surface area (Å²) in [6, 6.07) is 3.62. The van der Waals surface area contributed by atoms with Gasteiger partial charge in [-0.3, -0.25) is 0 Å². The van der Waals surface area contributed by atoms with E-state index < -0.39 is 28.1 Å². The molecule has 0 fully saturated rings. The summed E-state index contributed by atoms with van der Waals surface area (Å²) >= 11 is 5.71. The van der Waals surface area contributed by atoms with Crippen LogP contribution in [-0.4, -0.2) is 19.6 Å². The molecule has 0 radical (unpaired) electrons. The third kappa shape index (κ3) is 3.97. The van der Waals surface area contributed by atoms with Crippen LogP contribution in [0.1, 0.15) is 30.9 Å². The van der Waals surface area contributed by atoms with E-state index in [2.05, 4.69) is 10.0 Å². The van der Waals surface area contributed by atoms with E-state index in [4.69, 9.17) is 21.9 Å². The first-order chi connectivity index (χ1) is 12.1. The van der Waals surface area contributed by atoms with Gasteiger partial charge >= 0.3 is 12.1 Å². The van der Waals surface area contributed by atoms with Gasteiger partial charge in [-0.1, -0.05) is 35.8 Å².